The average molecular weight is 227 g/mol. The van der Waals surface area contributed by atoms with Gasteiger partial charge in [-0.15, -0.1) is 0 Å². The normalized spacial score (nSPS) is 14.7. The van der Waals surface area contributed by atoms with Crippen LogP contribution in [0.3, 0.4) is 0 Å². The number of halogens is 1. The summed E-state index contributed by atoms with van der Waals surface area (Å²) in [6.45, 7) is 0.212. The van der Waals surface area contributed by atoms with E-state index in [4.69, 9.17) is 11.6 Å². The minimum absolute atomic E-state index is 0.0211. The summed E-state index contributed by atoms with van der Waals surface area (Å²) in [4.78, 5) is 19.0. The Morgan fingerprint density at radius 2 is 2.33 bits per heavy atom. The van der Waals surface area contributed by atoms with Crippen LogP contribution in [-0.2, 0) is 4.79 Å². The Morgan fingerprint density at radius 3 is 3.00 bits per heavy atom. The standard InChI is InChI=1S/C9H11ClN4O/c10-7-3-8(13-5-12-7)11-4-9(15)14-6-1-2-6/h3,5-6H,1-2,4H2,(H,14,15)(H,11,12,13). The molecule has 0 aromatic carbocycles. The van der Waals surface area contributed by atoms with E-state index in [1.165, 1.54) is 6.33 Å². The molecule has 0 spiro atoms. The molecule has 1 aromatic heterocycles. The summed E-state index contributed by atoms with van der Waals surface area (Å²) < 4.78 is 0. The molecule has 1 amide bonds. The predicted octanol–water partition coefficient (Wildman–Crippen LogP) is 0.820. The fourth-order valence-corrected chi connectivity index (χ4v) is 1.25. The van der Waals surface area contributed by atoms with E-state index in [9.17, 15) is 4.79 Å². The first-order valence-electron chi connectivity index (χ1n) is 4.75. The molecule has 5 nitrogen and oxygen atoms in total. The Morgan fingerprint density at radius 1 is 1.53 bits per heavy atom. The van der Waals surface area contributed by atoms with E-state index < -0.39 is 0 Å². The topological polar surface area (TPSA) is 66.9 Å². The van der Waals surface area contributed by atoms with Crippen molar-refractivity contribution >= 4 is 23.3 Å². The summed E-state index contributed by atoms with van der Waals surface area (Å²) in [7, 11) is 0. The molecule has 6 heteroatoms. The lowest BCUT2D eigenvalue weighted by Gasteiger charge is -2.05. The Bertz CT molecular complexity index is 367. The third kappa shape index (κ3) is 3.36. The van der Waals surface area contributed by atoms with Crippen molar-refractivity contribution < 1.29 is 4.79 Å². The highest BCUT2D eigenvalue weighted by Crippen LogP contribution is 2.18. The fourth-order valence-electron chi connectivity index (χ4n) is 1.11. The maximum atomic E-state index is 11.3. The van der Waals surface area contributed by atoms with E-state index in [0.29, 0.717) is 17.0 Å². The van der Waals surface area contributed by atoms with E-state index >= 15 is 0 Å². The summed E-state index contributed by atoms with van der Waals surface area (Å²) in [5, 5.41) is 6.09. The molecular formula is C9H11ClN4O. The minimum atomic E-state index is -0.0211. The highest BCUT2D eigenvalue weighted by Gasteiger charge is 2.22. The smallest absolute Gasteiger partial charge is 0.239 e. The first-order chi connectivity index (χ1) is 7.24. The molecule has 1 saturated carbocycles. The molecule has 0 saturated heterocycles. The quantitative estimate of drug-likeness (QED) is 0.746. The van der Waals surface area contributed by atoms with Crippen molar-refractivity contribution in [2.24, 2.45) is 0 Å². The molecule has 1 heterocycles. The second-order valence-corrected chi connectivity index (χ2v) is 3.81. The van der Waals surface area contributed by atoms with Gasteiger partial charge in [-0.3, -0.25) is 4.79 Å². The van der Waals surface area contributed by atoms with Crippen LogP contribution >= 0.6 is 11.6 Å². The van der Waals surface area contributed by atoms with Crippen molar-refractivity contribution in [3.05, 3.63) is 17.5 Å². The molecule has 1 aliphatic rings. The summed E-state index contributed by atoms with van der Waals surface area (Å²) >= 11 is 5.66. The van der Waals surface area contributed by atoms with Gasteiger partial charge in [0, 0.05) is 12.1 Å². The van der Waals surface area contributed by atoms with Gasteiger partial charge >= 0.3 is 0 Å². The number of rotatable bonds is 4. The first kappa shape index (κ1) is 10.2. The maximum Gasteiger partial charge on any atom is 0.239 e. The summed E-state index contributed by atoms with van der Waals surface area (Å²) in [5.41, 5.74) is 0. The maximum absolute atomic E-state index is 11.3. The number of nitrogens with zero attached hydrogens (tertiary/aromatic N) is 2. The Kier molecular flexibility index (Phi) is 3.01. The molecule has 80 valence electrons. The van der Waals surface area contributed by atoms with Crippen LogP contribution in [0.1, 0.15) is 12.8 Å². The van der Waals surface area contributed by atoms with Crippen LogP contribution in [0.15, 0.2) is 12.4 Å². The van der Waals surface area contributed by atoms with Gasteiger partial charge in [-0.05, 0) is 12.8 Å². The zero-order valence-electron chi connectivity index (χ0n) is 8.03. The zero-order chi connectivity index (χ0) is 10.7. The van der Waals surface area contributed by atoms with Gasteiger partial charge in [-0.1, -0.05) is 11.6 Å². The van der Waals surface area contributed by atoms with Gasteiger partial charge in [0.15, 0.2) is 0 Å². The van der Waals surface area contributed by atoms with Crippen LogP contribution in [0.5, 0.6) is 0 Å². The van der Waals surface area contributed by atoms with Crippen LogP contribution in [0.2, 0.25) is 5.15 Å². The van der Waals surface area contributed by atoms with E-state index in [0.717, 1.165) is 12.8 Å². The molecule has 0 radical (unpaired) electrons. The van der Waals surface area contributed by atoms with Crippen molar-refractivity contribution in [1.82, 2.24) is 15.3 Å². The van der Waals surface area contributed by atoms with E-state index in [1.807, 2.05) is 0 Å². The molecule has 0 atom stereocenters. The van der Waals surface area contributed by atoms with Gasteiger partial charge in [0.25, 0.3) is 0 Å². The second-order valence-electron chi connectivity index (χ2n) is 3.42. The molecule has 1 aromatic rings. The number of carbonyl (C=O) groups excluding carboxylic acids is 1. The lowest BCUT2D eigenvalue weighted by atomic mass is 10.5. The van der Waals surface area contributed by atoms with Gasteiger partial charge in [-0.25, -0.2) is 9.97 Å². The summed E-state index contributed by atoms with van der Waals surface area (Å²) in [6, 6.07) is 1.96. The molecule has 1 fully saturated rings. The lowest BCUT2D eigenvalue weighted by Crippen LogP contribution is -2.31. The number of nitrogens with one attached hydrogen (secondary N) is 2. The molecule has 0 aliphatic heterocycles. The number of carbonyl (C=O) groups is 1. The molecule has 15 heavy (non-hydrogen) atoms. The Balaban J connectivity index is 1.78. The SMILES string of the molecule is O=C(CNc1cc(Cl)ncn1)NC1CC1. The van der Waals surface area contributed by atoms with Crippen LogP contribution in [0, 0.1) is 0 Å². The first-order valence-corrected chi connectivity index (χ1v) is 5.12. The monoisotopic (exact) mass is 226 g/mol. The Hall–Kier alpha value is -1.36. The number of anilines is 1. The van der Waals surface area contributed by atoms with Crippen LogP contribution < -0.4 is 10.6 Å². The van der Waals surface area contributed by atoms with Gasteiger partial charge in [0.1, 0.15) is 17.3 Å². The highest BCUT2D eigenvalue weighted by molar-refractivity contribution is 6.29. The lowest BCUT2D eigenvalue weighted by molar-refractivity contribution is -0.119. The predicted molar refractivity (Wildman–Crippen MR) is 56.7 cm³/mol. The van der Waals surface area contributed by atoms with Crippen LogP contribution in [-0.4, -0.2) is 28.5 Å². The molecular weight excluding hydrogens is 216 g/mol. The minimum Gasteiger partial charge on any atom is -0.361 e. The Labute approximate surface area is 92.3 Å². The second kappa shape index (κ2) is 4.44. The molecule has 0 unspecified atom stereocenters. The fraction of sp³-hybridized carbons (Fsp3) is 0.444. The summed E-state index contributed by atoms with van der Waals surface area (Å²) in [5.74, 6) is 0.535. The van der Waals surface area contributed by atoms with E-state index in [-0.39, 0.29) is 12.5 Å². The molecule has 2 N–H and O–H groups in total. The van der Waals surface area contributed by atoms with Crippen LogP contribution in [0.25, 0.3) is 0 Å². The van der Waals surface area contributed by atoms with Gasteiger partial charge in [0.05, 0.1) is 6.54 Å². The highest BCUT2D eigenvalue weighted by atomic mass is 35.5. The number of amides is 1. The van der Waals surface area contributed by atoms with Crippen molar-refractivity contribution in [3.63, 3.8) is 0 Å². The third-order valence-corrected chi connectivity index (χ3v) is 2.21. The number of hydrogen-bond acceptors (Lipinski definition) is 4. The third-order valence-electron chi connectivity index (χ3n) is 2.01. The number of aromatic nitrogens is 2. The molecule has 0 bridgehead atoms. The van der Waals surface area contributed by atoms with Gasteiger partial charge < -0.3 is 10.6 Å². The van der Waals surface area contributed by atoms with Gasteiger partial charge in [-0.2, -0.15) is 0 Å². The average Bonchev–Trinajstić information content (AvgIpc) is 2.99. The molecule has 2 rings (SSSR count). The largest absolute Gasteiger partial charge is 0.361 e. The zero-order valence-corrected chi connectivity index (χ0v) is 8.79. The van der Waals surface area contributed by atoms with Crippen molar-refractivity contribution in [2.45, 2.75) is 18.9 Å². The number of hydrogen-bond donors (Lipinski definition) is 2. The van der Waals surface area contributed by atoms with Crippen molar-refractivity contribution in [3.8, 4) is 0 Å². The van der Waals surface area contributed by atoms with Crippen molar-refractivity contribution in [2.75, 3.05) is 11.9 Å². The van der Waals surface area contributed by atoms with Gasteiger partial charge in [0.2, 0.25) is 5.91 Å². The van der Waals surface area contributed by atoms with E-state index in [2.05, 4.69) is 20.6 Å². The van der Waals surface area contributed by atoms with Crippen molar-refractivity contribution in [1.29, 1.82) is 0 Å². The summed E-state index contributed by atoms with van der Waals surface area (Å²) in [6.07, 6.45) is 3.53. The van der Waals surface area contributed by atoms with Crippen LogP contribution in [0.4, 0.5) is 5.82 Å². The molecule has 1 aliphatic carbocycles. The van der Waals surface area contributed by atoms with E-state index in [1.54, 1.807) is 6.07 Å².